The van der Waals surface area contributed by atoms with Crippen molar-refractivity contribution in [2.45, 2.75) is 13.5 Å². The molecule has 1 saturated heterocycles. The average Bonchev–Trinajstić information content (AvgIpc) is 3.18. The SMILES string of the molecule is CCOc1ccccc1-c1noc(CN2CCN(c3cnccn3)CC2)n1. The van der Waals surface area contributed by atoms with Crippen LogP contribution < -0.4 is 9.64 Å². The van der Waals surface area contributed by atoms with Gasteiger partial charge in [0.25, 0.3) is 0 Å². The van der Waals surface area contributed by atoms with Crippen LogP contribution in [0.25, 0.3) is 11.4 Å². The molecule has 0 amide bonds. The van der Waals surface area contributed by atoms with Gasteiger partial charge in [-0.2, -0.15) is 4.98 Å². The number of hydrogen-bond acceptors (Lipinski definition) is 8. The second-order valence-corrected chi connectivity index (χ2v) is 6.27. The van der Waals surface area contributed by atoms with Crippen LogP contribution in [0, 0.1) is 0 Å². The molecule has 0 bridgehead atoms. The highest BCUT2D eigenvalue weighted by Gasteiger charge is 2.21. The monoisotopic (exact) mass is 366 g/mol. The summed E-state index contributed by atoms with van der Waals surface area (Å²) in [5, 5.41) is 4.14. The van der Waals surface area contributed by atoms with Gasteiger partial charge in [-0.3, -0.25) is 9.88 Å². The maximum atomic E-state index is 5.66. The number of rotatable bonds is 6. The fourth-order valence-electron chi connectivity index (χ4n) is 3.14. The summed E-state index contributed by atoms with van der Waals surface area (Å²) in [4.78, 5) is 17.6. The first-order valence-corrected chi connectivity index (χ1v) is 9.11. The Balaban J connectivity index is 1.38. The fraction of sp³-hybridized carbons (Fsp3) is 0.368. The quantitative estimate of drug-likeness (QED) is 0.657. The Kier molecular flexibility index (Phi) is 5.24. The van der Waals surface area contributed by atoms with Crippen LogP contribution in [0.5, 0.6) is 5.75 Å². The van der Waals surface area contributed by atoms with Gasteiger partial charge in [0.15, 0.2) is 0 Å². The summed E-state index contributed by atoms with van der Waals surface area (Å²) in [6, 6.07) is 7.74. The second kappa shape index (κ2) is 8.13. The summed E-state index contributed by atoms with van der Waals surface area (Å²) in [6.07, 6.45) is 5.22. The minimum atomic E-state index is 0.562. The van der Waals surface area contributed by atoms with Gasteiger partial charge >= 0.3 is 0 Å². The predicted octanol–water partition coefficient (Wildman–Crippen LogP) is 2.25. The molecule has 0 aliphatic carbocycles. The van der Waals surface area contributed by atoms with Gasteiger partial charge in [-0.25, -0.2) is 4.98 Å². The third-order valence-corrected chi connectivity index (χ3v) is 4.50. The summed E-state index contributed by atoms with van der Waals surface area (Å²) in [5.41, 5.74) is 0.849. The Bertz CT molecular complexity index is 861. The lowest BCUT2D eigenvalue weighted by molar-refractivity contribution is 0.215. The first-order valence-electron chi connectivity index (χ1n) is 9.11. The minimum absolute atomic E-state index is 0.562. The van der Waals surface area contributed by atoms with Crippen molar-refractivity contribution in [3.8, 4) is 17.1 Å². The molecule has 3 aromatic rings. The van der Waals surface area contributed by atoms with E-state index in [2.05, 4.69) is 29.9 Å². The van der Waals surface area contributed by atoms with Crippen molar-refractivity contribution in [1.29, 1.82) is 0 Å². The number of aromatic nitrogens is 4. The molecule has 27 heavy (non-hydrogen) atoms. The highest BCUT2D eigenvalue weighted by molar-refractivity contribution is 5.63. The number of piperazine rings is 1. The van der Waals surface area contributed by atoms with E-state index in [0.29, 0.717) is 24.9 Å². The Morgan fingerprint density at radius 2 is 1.96 bits per heavy atom. The van der Waals surface area contributed by atoms with Crippen LogP contribution in [0.1, 0.15) is 12.8 Å². The highest BCUT2D eigenvalue weighted by Crippen LogP contribution is 2.27. The van der Waals surface area contributed by atoms with Gasteiger partial charge in [-0.15, -0.1) is 0 Å². The smallest absolute Gasteiger partial charge is 0.241 e. The number of ether oxygens (including phenoxy) is 1. The molecule has 8 nitrogen and oxygen atoms in total. The molecule has 1 fully saturated rings. The summed E-state index contributed by atoms with van der Waals surface area (Å²) < 4.78 is 11.1. The normalized spacial score (nSPS) is 15.1. The van der Waals surface area contributed by atoms with Gasteiger partial charge in [0, 0.05) is 38.6 Å². The van der Waals surface area contributed by atoms with Crippen LogP contribution in [0.3, 0.4) is 0 Å². The topological polar surface area (TPSA) is 80.4 Å². The molecule has 8 heteroatoms. The van der Waals surface area contributed by atoms with E-state index in [1.807, 2.05) is 31.2 Å². The van der Waals surface area contributed by atoms with Crippen LogP contribution >= 0.6 is 0 Å². The summed E-state index contributed by atoms with van der Waals surface area (Å²) in [5.74, 6) is 2.87. The second-order valence-electron chi connectivity index (χ2n) is 6.27. The summed E-state index contributed by atoms with van der Waals surface area (Å²) in [6.45, 7) is 6.79. The Labute approximate surface area is 157 Å². The molecule has 0 unspecified atom stereocenters. The largest absolute Gasteiger partial charge is 0.493 e. The minimum Gasteiger partial charge on any atom is -0.493 e. The molecule has 1 aliphatic rings. The lowest BCUT2D eigenvalue weighted by atomic mass is 10.2. The van der Waals surface area contributed by atoms with E-state index < -0.39 is 0 Å². The molecule has 0 spiro atoms. The zero-order valence-corrected chi connectivity index (χ0v) is 15.3. The molecular weight excluding hydrogens is 344 g/mol. The van der Waals surface area contributed by atoms with E-state index in [0.717, 1.165) is 43.3 Å². The van der Waals surface area contributed by atoms with Crippen molar-refractivity contribution < 1.29 is 9.26 Å². The Morgan fingerprint density at radius 3 is 2.74 bits per heavy atom. The van der Waals surface area contributed by atoms with E-state index >= 15 is 0 Å². The average molecular weight is 366 g/mol. The van der Waals surface area contributed by atoms with Gasteiger partial charge in [-0.1, -0.05) is 17.3 Å². The van der Waals surface area contributed by atoms with Gasteiger partial charge < -0.3 is 14.2 Å². The molecule has 2 aromatic heterocycles. The van der Waals surface area contributed by atoms with E-state index in [4.69, 9.17) is 9.26 Å². The lowest BCUT2D eigenvalue weighted by Crippen LogP contribution is -2.46. The molecule has 1 aromatic carbocycles. The number of para-hydroxylation sites is 1. The van der Waals surface area contributed by atoms with Gasteiger partial charge in [0.2, 0.25) is 11.7 Å². The van der Waals surface area contributed by atoms with Crippen molar-refractivity contribution in [2.75, 3.05) is 37.7 Å². The van der Waals surface area contributed by atoms with Crippen molar-refractivity contribution in [1.82, 2.24) is 25.0 Å². The van der Waals surface area contributed by atoms with Gasteiger partial charge in [0.1, 0.15) is 11.6 Å². The van der Waals surface area contributed by atoms with Crippen LogP contribution in [0.15, 0.2) is 47.4 Å². The van der Waals surface area contributed by atoms with Crippen molar-refractivity contribution in [3.63, 3.8) is 0 Å². The molecule has 0 radical (unpaired) electrons. The van der Waals surface area contributed by atoms with Crippen LogP contribution in [-0.4, -0.2) is 57.8 Å². The maximum absolute atomic E-state index is 5.66. The number of benzene rings is 1. The molecule has 140 valence electrons. The van der Waals surface area contributed by atoms with Crippen LogP contribution in [0.2, 0.25) is 0 Å². The number of hydrogen-bond donors (Lipinski definition) is 0. The first kappa shape index (κ1) is 17.4. The first-order chi connectivity index (χ1) is 13.3. The van der Waals surface area contributed by atoms with E-state index in [1.54, 1.807) is 18.6 Å². The molecular formula is C19H22N6O2. The van der Waals surface area contributed by atoms with Gasteiger partial charge in [0.05, 0.1) is 24.9 Å². The van der Waals surface area contributed by atoms with E-state index in [9.17, 15) is 0 Å². The van der Waals surface area contributed by atoms with Crippen molar-refractivity contribution >= 4 is 5.82 Å². The summed E-state index contributed by atoms with van der Waals surface area (Å²) >= 11 is 0. The third-order valence-electron chi connectivity index (χ3n) is 4.50. The third kappa shape index (κ3) is 4.06. The number of nitrogens with zero attached hydrogens (tertiary/aromatic N) is 6. The van der Waals surface area contributed by atoms with Crippen LogP contribution in [-0.2, 0) is 6.54 Å². The molecule has 0 atom stereocenters. The zero-order valence-electron chi connectivity index (χ0n) is 15.3. The summed E-state index contributed by atoms with van der Waals surface area (Å²) in [7, 11) is 0. The standard InChI is InChI=1S/C19H22N6O2/c1-2-26-16-6-4-3-5-15(16)19-22-18(27-23-19)14-24-9-11-25(12-10-24)17-13-20-7-8-21-17/h3-8,13H,2,9-12,14H2,1H3. The zero-order chi connectivity index (χ0) is 18.5. The Hall–Kier alpha value is -3.00. The maximum Gasteiger partial charge on any atom is 0.241 e. The fourth-order valence-corrected chi connectivity index (χ4v) is 3.14. The van der Waals surface area contributed by atoms with E-state index in [-0.39, 0.29) is 0 Å². The van der Waals surface area contributed by atoms with Crippen molar-refractivity contribution in [3.05, 3.63) is 48.7 Å². The molecule has 1 aliphatic heterocycles. The van der Waals surface area contributed by atoms with Crippen molar-refractivity contribution in [2.24, 2.45) is 0 Å². The van der Waals surface area contributed by atoms with E-state index in [1.165, 1.54) is 0 Å². The lowest BCUT2D eigenvalue weighted by Gasteiger charge is -2.34. The Morgan fingerprint density at radius 1 is 1.11 bits per heavy atom. The molecule has 0 saturated carbocycles. The highest BCUT2D eigenvalue weighted by atomic mass is 16.5. The molecule has 0 N–H and O–H groups in total. The number of anilines is 1. The van der Waals surface area contributed by atoms with Crippen LogP contribution in [0.4, 0.5) is 5.82 Å². The van der Waals surface area contributed by atoms with Gasteiger partial charge in [-0.05, 0) is 19.1 Å². The predicted molar refractivity (Wildman–Crippen MR) is 100 cm³/mol. The molecule has 4 rings (SSSR count). The molecule has 3 heterocycles.